The molecule has 0 heterocycles. The van der Waals surface area contributed by atoms with Crippen LogP contribution < -0.4 is 0 Å². The van der Waals surface area contributed by atoms with Crippen molar-refractivity contribution in [2.24, 2.45) is 35.0 Å². The molecule has 4 fully saturated rings. The second-order valence-corrected chi connectivity index (χ2v) is 12.6. The third kappa shape index (κ3) is 5.16. The monoisotopic (exact) mass is 504 g/mol. The Morgan fingerprint density at radius 1 is 1.12 bits per heavy atom. The number of ketones is 3. The van der Waals surface area contributed by atoms with Crippen molar-refractivity contribution in [2.45, 2.75) is 56.7 Å². The van der Waals surface area contributed by atoms with Gasteiger partial charge in [0, 0.05) is 31.4 Å². The van der Waals surface area contributed by atoms with Crippen LogP contribution in [-0.4, -0.2) is 65.3 Å². The Morgan fingerprint density at radius 3 is 2.27 bits per heavy atom. The lowest BCUT2D eigenvalue weighted by molar-refractivity contribution is -0.155. The van der Waals surface area contributed by atoms with Gasteiger partial charge in [0.15, 0.2) is 15.6 Å². The van der Waals surface area contributed by atoms with Gasteiger partial charge in [0.2, 0.25) is 0 Å². The van der Waals surface area contributed by atoms with Crippen molar-refractivity contribution in [3.8, 4) is 0 Å². The Morgan fingerprint density at radius 2 is 1.79 bits per heavy atom. The maximum Gasteiger partial charge on any atom is 0.321 e. The number of hydrogen-bond donors (Lipinski definition) is 2. The van der Waals surface area contributed by atoms with Gasteiger partial charge < -0.3 is 10.2 Å². The molecule has 0 spiro atoms. The molecule has 7 unspecified atom stereocenters. The molecule has 184 valence electrons. The van der Waals surface area contributed by atoms with E-state index in [1.165, 1.54) is 19.3 Å². The first-order valence-electron chi connectivity index (χ1n) is 11.1. The fraction of sp³-hybridized carbons (Fsp3) is 0.773. The first-order chi connectivity index (χ1) is 15.3. The second-order valence-electron chi connectivity index (χ2n) is 9.98. The smallest absolute Gasteiger partial charge is 0.321 e. The number of carboxylic acid groups (broad SMARTS) is 2. The van der Waals surface area contributed by atoms with Gasteiger partial charge in [-0.2, -0.15) is 0 Å². The maximum absolute atomic E-state index is 12.5. The third-order valence-corrected chi connectivity index (χ3v) is 9.15. The first-order valence-corrected chi connectivity index (χ1v) is 13.6. The summed E-state index contributed by atoms with van der Waals surface area (Å²) in [5, 5.41) is 17.4. The minimum absolute atomic E-state index is 0.122. The zero-order valence-electron chi connectivity index (χ0n) is 18.4. The molecule has 11 heteroatoms. The molecule has 0 saturated heterocycles. The van der Waals surface area contributed by atoms with Crippen LogP contribution in [0.3, 0.4) is 0 Å². The Bertz CT molecular complexity index is 974. The fourth-order valence-corrected chi connectivity index (χ4v) is 7.50. The van der Waals surface area contributed by atoms with Crippen LogP contribution in [0.2, 0.25) is 0 Å². The van der Waals surface area contributed by atoms with E-state index in [2.05, 4.69) is 0 Å². The topological polar surface area (TPSA) is 160 Å². The molecule has 7 atom stereocenters. The Kier molecular flexibility index (Phi) is 7.39. The SMILES string of the molecule is CS(=O)(=O)CC(=O)C12CC(=O)CCC1C(=O)CC2C(=O)O.O=C(O)C(Cl)C1CC2CCC1C2. The molecule has 4 aliphatic carbocycles. The van der Waals surface area contributed by atoms with E-state index < -0.39 is 55.9 Å². The number of halogens is 1. The van der Waals surface area contributed by atoms with Crippen LogP contribution in [0.1, 0.15) is 51.4 Å². The molecule has 2 N–H and O–H groups in total. The molecule has 33 heavy (non-hydrogen) atoms. The van der Waals surface area contributed by atoms with Crippen molar-refractivity contribution in [1.29, 1.82) is 0 Å². The summed E-state index contributed by atoms with van der Waals surface area (Å²) >= 11 is 5.82. The van der Waals surface area contributed by atoms with Gasteiger partial charge >= 0.3 is 11.9 Å². The number of carboxylic acids is 2. The van der Waals surface area contributed by atoms with Crippen molar-refractivity contribution in [1.82, 2.24) is 0 Å². The van der Waals surface area contributed by atoms with E-state index in [1.807, 2.05) is 0 Å². The summed E-state index contributed by atoms with van der Waals surface area (Å²) in [6.45, 7) is 0. The summed E-state index contributed by atoms with van der Waals surface area (Å²) in [7, 11) is -3.67. The lowest BCUT2D eigenvalue weighted by Crippen LogP contribution is -2.50. The number of carbonyl (C=O) groups is 5. The number of fused-ring (bicyclic) bond motifs is 3. The van der Waals surface area contributed by atoms with E-state index >= 15 is 0 Å². The summed E-state index contributed by atoms with van der Waals surface area (Å²) in [5.74, 6) is -5.02. The van der Waals surface area contributed by atoms with E-state index in [0.717, 1.165) is 18.6 Å². The number of hydrogen-bond acceptors (Lipinski definition) is 7. The lowest BCUT2D eigenvalue weighted by Gasteiger charge is -2.38. The highest BCUT2D eigenvalue weighted by molar-refractivity contribution is 7.91. The van der Waals surface area contributed by atoms with Gasteiger partial charge in [0.25, 0.3) is 0 Å². The van der Waals surface area contributed by atoms with Gasteiger partial charge in [-0.15, -0.1) is 11.6 Å². The van der Waals surface area contributed by atoms with Gasteiger partial charge in [-0.25, -0.2) is 8.42 Å². The normalized spacial score (nSPS) is 36.0. The molecule has 0 aromatic rings. The van der Waals surface area contributed by atoms with Crippen molar-refractivity contribution in [2.75, 3.05) is 12.0 Å². The largest absolute Gasteiger partial charge is 0.481 e. The number of alkyl halides is 1. The fourth-order valence-electron chi connectivity index (χ4n) is 6.44. The summed E-state index contributed by atoms with van der Waals surface area (Å²) in [6.07, 6.45) is 5.21. The van der Waals surface area contributed by atoms with Crippen molar-refractivity contribution in [3.05, 3.63) is 0 Å². The highest BCUT2D eigenvalue weighted by Crippen LogP contribution is 2.54. The van der Waals surface area contributed by atoms with Gasteiger partial charge in [-0.05, 0) is 43.4 Å². The van der Waals surface area contributed by atoms with Crippen molar-refractivity contribution < 1.29 is 42.6 Å². The number of carbonyl (C=O) groups excluding carboxylic acids is 3. The molecular weight excluding hydrogens is 476 g/mol. The Labute approximate surface area is 197 Å². The Balaban J connectivity index is 0.000000215. The number of Topliss-reactive ketones (excluding diaryl/α,β-unsaturated/α-hetero) is 3. The van der Waals surface area contributed by atoms with E-state index in [9.17, 15) is 37.5 Å². The molecule has 0 aliphatic heterocycles. The Hall–Kier alpha value is -1.81. The van der Waals surface area contributed by atoms with E-state index in [1.54, 1.807) is 0 Å². The zero-order valence-corrected chi connectivity index (χ0v) is 19.9. The van der Waals surface area contributed by atoms with Crippen LogP contribution in [0.15, 0.2) is 0 Å². The molecule has 2 bridgehead atoms. The number of sulfone groups is 1. The van der Waals surface area contributed by atoms with Gasteiger partial charge in [-0.1, -0.05) is 6.42 Å². The van der Waals surface area contributed by atoms with Gasteiger partial charge in [0.1, 0.15) is 22.7 Å². The lowest BCUT2D eigenvalue weighted by atomic mass is 9.61. The highest BCUT2D eigenvalue weighted by atomic mass is 35.5. The van der Waals surface area contributed by atoms with Crippen LogP contribution in [0, 0.1) is 35.0 Å². The molecular formula is C22H29ClO9S. The quantitative estimate of drug-likeness (QED) is 0.513. The average molecular weight is 505 g/mol. The van der Waals surface area contributed by atoms with Crippen LogP contribution >= 0.6 is 11.6 Å². The number of aliphatic carboxylic acids is 2. The summed E-state index contributed by atoms with van der Waals surface area (Å²) in [4.78, 5) is 58.3. The molecule has 4 aliphatic rings. The van der Waals surface area contributed by atoms with E-state index in [-0.39, 0.29) is 43.2 Å². The molecule has 0 amide bonds. The summed E-state index contributed by atoms with van der Waals surface area (Å²) in [5.41, 5.74) is -1.68. The molecule has 4 rings (SSSR count). The van der Waals surface area contributed by atoms with Crippen molar-refractivity contribution >= 4 is 50.7 Å². The first kappa shape index (κ1) is 25.8. The van der Waals surface area contributed by atoms with Crippen LogP contribution in [0.5, 0.6) is 0 Å². The van der Waals surface area contributed by atoms with E-state index in [0.29, 0.717) is 5.92 Å². The minimum Gasteiger partial charge on any atom is -0.481 e. The zero-order chi connectivity index (χ0) is 24.7. The summed E-state index contributed by atoms with van der Waals surface area (Å²) < 4.78 is 22.7. The predicted octanol–water partition coefficient (Wildman–Crippen LogP) is 1.74. The standard InChI is InChI=1S/C13H16O7S.C9H13ClO2/c1-21(19,20)6-11(16)13-5-7(14)2-3-8(13)10(15)4-9(13)12(17)18;10-8(9(11)12)7-4-5-1-2-6(7)3-5/h8-9H,2-6H2,1H3,(H,17,18);5-8H,1-4H2,(H,11,12). The second kappa shape index (κ2) is 9.44. The van der Waals surface area contributed by atoms with Crippen LogP contribution in [-0.2, 0) is 33.8 Å². The summed E-state index contributed by atoms with van der Waals surface area (Å²) in [6, 6.07) is 0. The van der Waals surface area contributed by atoms with Gasteiger partial charge in [0.05, 0.1) is 11.3 Å². The minimum atomic E-state index is -3.67. The molecule has 9 nitrogen and oxygen atoms in total. The average Bonchev–Trinajstić information content (AvgIpc) is 3.40. The van der Waals surface area contributed by atoms with Gasteiger partial charge in [-0.3, -0.25) is 24.0 Å². The molecule has 0 aromatic heterocycles. The van der Waals surface area contributed by atoms with E-state index in [4.69, 9.17) is 16.7 Å². The highest BCUT2D eigenvalue weighted by Gasteiger charge is 2.63. The molecule has 0 aromatic carbocycles. The predicted molar refractivity (Wildman–Crippen MR) is 116 cm³/mol. The van der Waals surface area contributed by atoms with Crippen molar-refractivity contribution in [3.63, 3.8) is 0 Å². The maximum atomic E-state index is 12.5. The number of rotatable bonds is 6. The molecule has 0 radical (unpaired) electrons. The van der Waals surface area contributed by atoms with Crippen LogP contribution in [0.4, 0.5) is 0 Å². The van der Waals surface area contributed by atoms with Crippen LogP contribution in [0.25, 0.3) is 0 Å². The molecule has 4 saturated carbocycles. The third-order valence-electron chi connectivity index (χ3n) is 7.85.